The number of para-hydroxylation sites is 1. The van der Waals surface area contributed by atoms with Crippen LogP contribution in [0.25, 0.3) is 0 Å². The van der Waals surface area contributed by atoms with Gasteiger partial charge in [0, 0.05) is 6.54 Å². The average molecular weight is 299 g/mol. The third-order valence-corrected chi connectivity index (χ3v) is 2.74. The maximum absolute atomic E-state index is 13.3. The van der Waals surface area contributed by atoms with Crippen LogP contribution in [0.15, 0.2) is 48.5 Å². The summed E-state index contributed by atoms with van der Waals surface area (Å²) in [6, 6.07) is 10.6. The first-order valence-electron chi connectivity index (χ1n) is 6.25. The van der Waals surface area contributed by atoms with Crippen LogP contribution in [-0.2, 0) is 6.18 Å². The Morgan fingerprint density at radius 2 is 1.62 bits per heavy atom. The first-order chi connectivity index (χ1) is 9.97. The molecule has 0 atom stereocenters. The lowest BCUT2D eigenvalue weighted by Crippen LogP contribution is -2.12. The van der Waals surface area contributed by atoms with Crippen LogP contribution < -0.4 is 10.1 Å². The van der Waals surface area contributed by atoms with E-state index in [1.54, 1.807) is 18.2 Å². The topological polar surface area (TPSA) is 21.3 Å². The number of ether oxygens (including phenoxy) is 1. The van der Waals surface area contributed by atoms with E-state index in [0.717, 1.165) is 12.1 Å². The minimum Gasteiger partial charge on any atom is -0.492 e. The van der Waals surface area contributed by atoms with Crippen molar-refractivity contribution in [2.24, 2.45) is 0 Å². The summed E-state index contributed by atoms with van der Waals surface area (Å²) in [6.45, 7) is 0.543. The van der Waals surface area contributed by atoms with Gasteiger partial charge in [0.25, 0.3) is 0 Å². The van der Waals surface area contributed by atoms with E-state index < -0.39 is 11.7 Å². The Balaban J connectivity index is 1.80. The zero-order chi connectivity index (χ0) is 15.3. The normalized spacial score (nSPS) is 11.2. The van der Waals surface area contributed by atoms with Crippen molar-refractivity contribution in [2.75, 3.05) is 18.5 Å². The fourth-order valence-electron chi connectivity index (χ4n) is 1.70. The molecule has 112 valence electrons. The van der Waals surface area contributed by atoms with Crippen molar-refractivity contribution >= 4 is 5.69 Å². The fourth-order valence-corrected chi connectivity index (χ4v) is 1.70. The number of nitrogens with one attached hydrogen (secondary N) is 1. The highest BCUT2D eigenvalue weighted by Crippen LogP contribution is 2.30. The second-order valence-corrected chi connectivity index (χ2v) is 4.28. The SMILES string of the molecule is Fc1ccccc1NCCOc1ccc(C(F)(F)F)cc1. The van der Waals surface area contributed by atoms with Crippen molar-refractivity contribution < 1.29 is 22.3 Å². The molecule has 2 nitrogen and oxygen atoms in total. The lowest BCUT2D eigenvalue weighted by atomic mass is 10.2. The zero-order valence-corrected chi connectivity index (χ0v) is 11.0. The Morgan fingerprint density at radius 3 is 2.24 bits per heavy atom. The second kappa shape index (κ2) is 6.47. The summed E-state index contributed by atoms with van der Waals surface area (Å²) in [5.74, 6) is -0.0367. The summed E-state index contributed by atoms with van der Waals surface area (Å²) in [5, 5.41) is 2.84. The van der Waals surface area contributed by atoms with Crippen molar-refractivity contribution in [3.63, 3.8) is 0 Å². The van der Waals surface area contributed by atoms with Gasteiger partial charge in [-0.05, 0) is 36.4 Å². The molecule has 6 heteroatoms. The molecule has 0 fully saturated rings. The first-order valence-corrected chi connectivity index (χ1v) is 6.25. The van der Waals surface area contributed by atoms with Gasteiger partial charge in [-0.2, -0.15) is 13.2 Å². The van der Waals surface area contributed by atoms with Gasteiger partial charge in [0.2, 0.25) is 0 Å². The van der Waals surface area contributed by atoms with Crippen LogP contribution in [0.3, 0.4) is 0 Å². The molecule has 21 heavy (non-hydrogen) atoms. The highest BCUT2D eigenvalue weighted by atomic mass is 19.4. The van der Waals surface area contributed by atoms with E-state index in [9.17, 15) is 17.6 Å². The molecule has 1 N–H and O–H groups in total. The lowest BCUT2D eigenvalue weighted by molar-refractivity contribution is -0.137. The summed E-state index contributed by atoms with van der Waals surface area (Å²) in [6.07, 6.45) is -4.36. The molecule has 0 amide bonds. The van der Waals surface area contributed by atoms with Gasteiger partial charge in [0.1, 0.15) is 18.2 Å². The molecule has 0 aliphatic rings. The summed E-state index contributed by atoms with van der Waals surface area (Å²) < 4.78 is 55.7. The first kappa shape index (κ1) is 15.2. The van der Waals surface area contributed by atoms with Crippen LogP contribution in [0.4, 0.5) is 23.2 Å². The van der Waals surface area contributed by atoms with E-state index in [2.05, 4.69) is 5.32 Å². The van der Waals surface area contributed by atoms with Crippen molar-refractivity contribution in [3.8, 4) is 5.75 Å². The monoisotopic (exact) mass is 299 g/mol. The number of benzene rings is 2. The van der Waals surface area contributed by atoms with Crippen LogP contribution in [0.5, 0.6) is 5.75 Å². The van der Waals surface area contributed by atoms with Crippen molar-refractivity contribution in [3.05, 3.63) is 59.9 Å². The van der Waals surface area contributed by atoms with Crippen LogP contribution >= 0.6 is 0 Å². The third-order valence-electron chi connectivity index (χ3n) is 2.74. The number of rotatable bonds is 5. The second-order valence-electron chi connectivity index (χ2n) is 4.28. The zero-order valence-electron chi connectivity index (χ0n) is 11.0. The number of halogens is 4. The molecule has 0 unspecified atom stereocenters. The molecule has 0 saturated heterocycles. The fraction of sp³-hybridized carbons (Fsp3) is 0.200. The molecule has 0 aliphatic heterocycles. The average Bonchev–Trinajstić information content (AvgIpc) is 2.45. The summed E-state index contributed by atoms with van der Waals surface area (Å²) >= 11 is 0. The number of anilines is 1. The molecular weight excluding hydrogens is 286 g/mol. The van der Waals surface area contributed by atoms with E-state index in [0.29, 0.717) is 18.0 Å². The van der Waals surface area contributed by atoms with Gasteiger partial charge >= 0.3 is 6.18 Å². The van der Waals surface area contributed by atoms with Crippen LogP contribution in [0, 0.1) is 5.82 Å². The van der Waals surface area contributed by atoms with Gasteiger partial charge in [-0.25, -0.2) is 4.39 Å². The van der Waals surface area contributed by atoms with Gasteiger partial charge < -0.3 is 10.1 Å². The Hall–Kier alpha value is -2.24. The molecule has 0 radical (unpaired) electrons. The van der Waals surface area contributed by atoms with E-state index >= 15 is 0 Å². The Bertz CT molecular complexity index is 581. The molecule has 0 aliphatic carbocycles. The summed E-state index contributed by atoms with van der Waals surface area (Å²) in [4.78, 5) is 0. The molecule has 2 rings (SSSR count). The summed E-state index contributed by atoms with van der Waals surface area (Å²) in [5.41, 5.74) is -0.368. The predicted molar refractivity (Wildman–Crippen MR) is 71.8 cm³/mol. The molecule has 0 saturated carbocycles. The maximum atomic E-state index is 13.3. The Labute approximate surface area is 119 Å². The van der Waals surface area contributed by atoms with Crippen molar-refractivity contribution in [1.82, 2.24) is 0 Å². The maximum Gasteiger partial charge on any atom is 0.416 e. The number of hydrogen-bond donors (Lipinski definition) is 1. The van der Waals surface area contributed by atoms with E-state index in [1.165, 1.54) is 18.2 Å². The largest absolute Gasteiger partial charge is 0.492 e. The Kier molecular flexibility index (Phi) is 4.67. The third kappa shape index (κ3) is 4.37. The van der Waals surface area contributed by atoms with Gasteiger partial charge in [0.15, 0.2) is 0 Å². The predicted octanol–water partition coefficient (Wildman–Crippen LogP) is 4.34. The molecule has 0 aromatic heterocycles. The number of alkyl halides is 3. The van der Waals surface area contributed by atoms with Crippen LogP contribution in [-0.4, -0.2) is 13.2 Å². The molecule has 2 aromatic rings. The highest BCUT2D eigenvalue weighted by Gasteiger charge is 2.29. The van der Waals surface area contributed by atoms with Crippen molar-refractivity contribution in [1.29, 1.82) is 0 Å². The molecule has 0 heterocycles. The molecular formula is C15H13F4NO. The van der Waals surface area contributed by atoms with E-state index in [1.807, 2.05) is 0 Å². The van der Waals surface area contributed by atoms with E-state index in [-0.39, 0.29) is 12.4 Å². The number of hydrogen-bond acceptors (Lipinski definition) is 2. The van der Waals surface area contributed by atoms with Crippen LogP contribution in [0.1, 0.15) is 5.56 Å². The smallest absolute Gasteiger partial charge is 0.416 e. The minimum absolute atomic E-state index is 0.208. The quantitative estimate of drug-likeness (QED) is 0.655. The molecule has 2 aromatic carbocycles. The lowest BCUT2D eigenvalue weighted by Gasteiger charge is -2.10. The van der Waals surface area contributed by atoms with Gasteiger partial charge in [-0.15, -0.1) is 0 Å². The van der Waals surface area contributed by atoms with Gasteiger partial charge in [-0.3, -0.25) is 0 Å². The standard InChI is InChI=1S/C15H13F4NO/c16-13-3-1-2-4-14(13)20-9-10-21-12-7-5-11(6-8-12)15(17,18)19/h1-8,20H,9-10H2. The van der Waals surface area contributed by atoms with Crippen molar-refractivity contribution in [2.45, 2.75) is 6.18 Å². The summed E-state index contributed by atoms with van der Waals surface area (Å²) in [7, 11) is 0. The Morgan fingerprint density at radius 1 is 0.952 bits per heavy atom. The molecule has 0 bridgehead atoms. The van der Waals surface area contributed by atoms with Gasteiger partial charge in [0.05, 0.1) is 11.3 Å². The molecule has 0 spiro atoms. The van der Waals surface area contributed by atoms with E-state index in [4.69, 9.17) is 4.74 Å². The minimum atomic E-state index is -4.36. The van der Waals surface area contributed by atoms with Gasteiger partial charge in [-0.1, -0.05) is 12.1 Å². The highest BCUT2D eigenvalue weighted by molar-refractivity contribution is 5.44. The van der Waals surface area contributed by atoms with Crippen LogP contribution in [0.2, 0.25) is 0 Å².